The van der Waals surface area contributed by atoms with Crippen molar-refractivity contribution < 1.29 is 23.8 Å². The molecule has 32 heavy (non-hydrogen) atoms. The van der Waals surface area contributed by atoms with Crippen molar-refractivity contribution in [2.24, 2.45) is 0 Å². The summed E-state index contributed by atoms with van der Waals surface area (Å²) in [6.45, 7) is 5.95. The first-order chi connectivity index (χ1) is 15.7. The maximum absolute atomic E-state index is 13.2. The second-order valence-corrected chi connectivity index (χ2v) is 7.96. The Morgan fingerprint density at radius 2 is 1.72 bits per heavy atom. The third-order valence-electron chi connectivity index (χ3n) is 5.90. The van der Waals surface area contributed by atoms with Crippen molar-refractivity contribution in [3.63, 3.8) is 0 Å². The molecule has 2 amide bonds. The Hall–Kier alpha value is -3.06. The number of benzene rings is 2. The zero-order chi connectivity index (χ0) is 22.3. The molecule has 2 aromatic carbocycles. The van der Waals surface area contributed by atoms with Crippen molar-refractivity contribution in [3.8, 4) is 11.5 Å². The van der Waals surface area contributed by atoms with Crippen LogP contribution in [0.1, 0.15) is 40.5 Å². The van der Waals surface area contributed by atoms with Crippen LogP contribution < -0.4 is 9.47 Å². The van der Waals surface area contributed by atoms with Crippen LogP contribution in [0.5, 0.6) is 11.5 Å². The highest BCUT2D eigenvalue weighted by Gasteiger charge is 2.31. The van der Waals surface area contributed by atoms with Crippen LogP contribution in [0, 0.1) is 0 Å². The molecule has 2 aromatic rings. The van der Waals surface area contributed by atoms with Crippen LogP contribution >= 0.6 is 0 Å². The SMILES string of the molecule is CCOc1ccccc1C(=O)N1CCCC1COc1ccc(C(=O)N2CCOCC2)cc1. The summed E-state index contributed by atoms with van der Waals surface area (Å²) in [6, 6.07) is 14.6. The molecule has 0 saturated carbocycles. The van der Waals surface area contributed by atoms with Crippen molar-refractivity contribution in [2.75, 3.05) is 46.1 Å². The predicted octanol–water partition coefficient (Wildman–Crippen LogP) is 3.24. The van der Waals surface area contributed by atoms with Crippen LogP contribution in [0.2, 0.25) is 0 Å². The molecular formula is C25H30N2O5. The molecule has 4 rings (SSSR count). The van der Waals surface area contributed by atoms with Crippen molar-refractivity contribution >= 4 is 11.8 Å². The Balaban J connectivity index is 1.36. The van der Waals surface area contributed by atoms with E-state index in [4.69, 9.17) is 14.2 Å². The van der Waals surface area contributed by atoms with E-state index in [-0.39, 0.29) is 17.9 Å². The van der Waals surface area contributed by atoms with Gasteiger partial charge in [0.1, 0.15) is 18.1 Å². The van der Waals surface area contributed by atoms with Gasteiger partial charge in [0, 0.05) is 25.2 Å². The fourth-order valence-corrected chi connectivity index (χ4v) is 4.19. The van der Waals surface area contributed by atoms with Gasteiger partial charge in [-0.3, -0.25) is 9.59 Å². The molecule has 2 saturated heterocycles. The van der Waals surface area contributed by atoms with Gasteiger partial charge in [0.2, 0.25) is 0 Å². The van der Waals surface area contributed by atoms with Gasteiger partial charge in [0.05, 0.1) is 31.4 Å². The summed E-state index contributed by atoms with van der Waals surface area (Å²) >= 11 is 0. The fourth-order valence-electron chi connectivity index (χ4n) is 4.19. The Bertz CT molecular complexity index is 924. The molecule has 7 nitrogen and oxygen atoms in total. The number of morpholine rings is 1. The average molecular weight is 439 g/mol. The number of ether oxygens (including phenoxy) is 3. The second-order valence-electron chi connectivity index (χ2n) is 7.96. The average Bonchev–Trinajstić information content (AvgIpc) is 3.32. The number of hydrogen-bond donors (Lipinski definition) is 0. The first kappa shape index (κ1) is 22.1. The van der Waals surface area contributed by atoms with E-state index in [1.165, 1.54) is 0 Å². The number of carbonyl (C=O) groups is 2. The monoisotopic (exact) mass is 438 g/mol. The molecule has 2 aliphatic heterocycles. The lowest BCUT2D eigenvalue weighted by Gasteiger charge is -2.27. The summed E-state index contributed by atoms with van der Waals surface area (Å²) < 4.78 is 16.9. The highest BCUT2D eigenvalue weighted by Crippen LogP contribution is 2.26. The minimum atomic E-state index is -0.0217. The van der Waals surface area contributed by atoms with Crippen LogP contribution in [-0.2, 0) is 4.74 Å². The molecule has 2 heterocycles. The minimum absolute atomic E-state index is 0.00633. The smallest absolute Gasteiger partial charge is 0.257 e. The molecule has 7 heteroatoms. The van der Waals surface area contributed by atoms with E-state index in [9.17, 15) is 9.59 Å². The summed E-state index contributed by atoms with van der Waals surface area (Å²) in [5.41, 5.74) is 1.23. The lowest BCUT2D eigenvalue weighted by atomic mass is 10.1. The van der Waals surface area contributed by atoms with Crippen LogP contribution in [0.4, 0.5) is 0 Å². The van der Waals surface area contributed by atoms with Crippen molar-refractivity contribution in [2.45, 2.75) is 25.8 Å². The van der Waals surface area contributed by atoms with Crippen LogP contribution in [0.25, 0.3) is 0 Å². The summed E-state index contributed by atoms with van der Waals surface area (Å²) in [5.74, 6) is 1.30. The zero-order valence-electron chi connectivity index (χ0n) is 18.5. The lowest BCUT2D eigenvalue weighted by molar-refractivity contribution is 0.0303. The van der Waals surface area contributed by atoms with E-state index < -0.39 is 0 Å². The van der Waals surface area contributed by atoms with Gasteiger partial charge in [0.15, 0.2) is 0 Å². The predicted molar refractivity (Wildman–Crippen MR) is 120 cm³/mol. The molecular weight excluding hydrogens is 408 g/mol. The molecule has 2 fully saturated rings. The van der Waals surface area contributed by atoms with E-state index >= 15 is 0 Å². The molecule has 1 unspecified atom stereocenters. The summed E-state index contributed by atoms with van der Waals surface area (Å²) in [5, 5.41) is 0. The van der Waals surface area contributed by atoms with Gasteiger partial charge in [-0.2, -0.15) is 0 Å². The molecule has 2 aliphatic rings. The number of nitrogens with zero attached hydrogens (tertiary/aromatic N) is 2. The number of hydrogen-bond acceptors (Lipinski definition) is 5. The van der Waals surface area contributed by atoms with Gasteiger partial charge in [-0.25, -0.2) is 0 Å². The molecule has 1 atom stereocenters. The Labute approximate surface area is 188 Å². The third kappa shape index (κ3) is 5.05. The Morgan fingerprint density at radius 1 is 0.969 bits per heavy atom. The quantitative estimate of drug-likeness (QED) is 0.664. The number of para-hydroxylation sites is 1. The molecule has 0 aliphatic carbocycles. The molecule has 170 valence electrons. The maximum atomic E-state index is 13.2. The molecule has 0 bridgehead atoms. The zero-order valence-corrected chi connectivity index (χ0v) is 18.5. The molecule has 0 aromatic heterocycles. The van der Waals surface area contributed by atoms with Gasteiger partial charge in [-0.15, -0.1) is 0 Å². The van der Waals surface area contributed by atoms with Crippen LogP contribution in [-0.4, -0.2) is 73.7 Å². The molecule has 0 spiro atoms. The van der Waals surface area contributed by atoms with E-state index in [0.717, 1.165) is 12.8 Å². The first-order valence-corrected chi connectivity index (χ1v) is 11.3. The minimum Gasteiger partial charge on any atom is -0.493 e. The van der Waals surface area contributed by atoms with Crippen molar-refractivity contribution in [3.05, 3.63) is 59.7 Å². The summed E-state index contributed by atoms with van der Waals surface area (Å²) in [7, 11) is 0. The number of likely N-dealkylation sites (tertiary alicyclic amines) is 1. The Morgan fingerprint density at radius 3 is 2.47 bits per heavy atom. The molecule has 0 N–H and O–H groups in total. The van der Waals surface area contributed by atoms with Gasteiger partial charge in [0.25, 0.3) is 11.8 Å². The fraction of sp³-hybridized carbons (Fsp3) is 0.440. The summed E-state index contributed by atoms with van der Waals surface area (Å²) in [4.78, 5) is 29.4. The highest BCUT2D eigenvalue weighted by molar-refractivity contribution is 5.97. The van der Waals surface area contributed by atoms with Gasteiger partial charge in [-0.1, -0.05) is 12.1 Å². The number of carbonyl (C=O) groups excluding carboxylic acids is 2. The van der Waals surface area contributed by atoms with E-state index in [1.54, 1.807) is 12.1 Å². The van der Waals surface area contributed by atoms with E-state index in [1.807, 2.05) is 53.1 Å². The van der Waals surface area contributed by atoms with Crippen LogP contribution in [0.3, 0.4) is 0 Å². The van der Waals surface area contributed by atoms with E-state index in [0.29, 0.717) is 68.7 Å². The largest absolute Gasteiger partial charge is 0.493 e. The lowest BCUT2D eigenvalue weighted by Crippen LogP contribution is -2.40. The second kappa shape index (κ2) is 10.5. The number of rotatable bonds is 7. The standard InChI is InChI=1S/C25H30N2O5/c1-2-31-23-8-4-3-7-22(23)25(29)27-13-5-6-20(27)18-32-21-11-9-19(10-12-21)24(28)26-14-16-30-17-15-26/h3-4,7-12,20H,2,5-6,13-18H2,1H3. The van der Waals surface area contributed by atoms with Gasteiger partial charge in [-0.05, 0) is 56.2 Å². The third-order valence-corrected chi connectivity index (χ3v) is 5.90. The van der Waals surface area contributed by atoms with Gasteiger partial charge < -0.3 is 24.0 Å². The van der Waals surface area contributed by atoms with Gasteiger partial charge >= 0.3 is 0 Å². The normalized spacial score (nSPS) is 18.5. The van der Waals surface area contributed by atoms with Crippen molar-refractivity contribution in [1.29, 1.82) is 0 Å². The maximum Gasteiger partial charge on any atom is 0.257 e. The summed E-state index contributed by atoms with van der Waals surface area (Å²) in [6.07, 6.45) is 1.85. The number of amides is 2. The Kier molecular flexibility index (Phi) is 7.27. The molecule has 0 radical (unpaired) electrons. The topological polar surface area (TPSA) is 68.3 Å². The van der Waals surface area contributed by atoms with Crippen LogP contribution in [0.15, 0.2) is 48.5 Å². The van der Waals surface area contributed by atoms with E-state index in [2.05, 4.69) is 0 Å². The highest BCUT2D eigenvalue weighted by atomic mass is 16.5. The van der Waals surface area contributed by atoms with Crippen molar-refractivity contribution in [1.82, 2.24) is 9.80 Å². The first-order valence-electron chi connectivity index (χ1n) is 11.3.